The smallest absolute Gasteiger partial charge is 0.248 e. The van der Waals surface area contributed by atoms with Crippen molar-refractivity contribution in [1.29, 1.82) is 0 Å². The summed E-state index contributed by atoms with van der Waals surface area (Å²) in [5.74, 6) is 2.22. The topological polar surface area (TPSA) is 114 Å². The van der Waals surface area contributed by atoms with Gasteiger partial charge in [-0.2, -0.15) is 4.98 Å². The van der Waals surface area contributed by atoms with E-state index in [1.807, 2.05) is 36.4 Å². The number of benzene rings is 2. The Kier molecular flexibility index (Phi) is 5.24. The van der Waals surface area contributed by atoms with Crippen molar-refractivity contribution in [3.8, 4) is 28.6 Å². The Morgan fingerprint density at radius 2 is 1.74 bits per heavy atom. The van der Waals surface area contributed by atoms with Crippen LogP contribution in [0.1, 0.15) is 18.5 Å². The van der Waals surface area contributed by atoms with Gasteiger partial charge in [-0.25, -0.2) is 4.68 Å². The van der Waals surface area contributed by atoms with Crippen LogP contribution in [0.3, 0.4) is 0 Å². The molecule has 1 unspecified atom stereocenters. The van der Waals surface area contributed by atoms with E-state index in [-0.39, 0.29) is 0 Å². The first kappa shape index (κ1) is 20.3. The predicted octanol–water partition coefficient (Wildman–Crippen LogP) is 2.75. The number of anilines is 1. The largest absolute Gasteiger partial charge is 0.497 e. The van der Waals surface area contributed by atoms with E-state index in [9.17, 15) is 4.79 Å². The van der Waals surface area contributed by atoms with Crippen LogP contribution in [0.15, 0.2) is 53.7 Å². The molecule has 160 valence electrons. The van der Waals surface area contributed by atoms with E-state index in [0.29, 0.717) is 45.9 Å². The van der Waals surface area contributed by atoms with Gasteiger partial charge in [0.1, 0.15) is 23.3 Å². The molecule has 31 heavy (non-hydrogen) atoms. The lowest BCUT2D eigenvalue weighted by atomic mass is 9.94. The average molecular weight is 421 g/mol. The Morgan fingerprint density at radius 1 is 1.06 bits per heavy atom. The highest BCUT2D eigenvalue weighted by Crippen LogP contribution is 2.40. The van der Waals surface area contributed by atoms with E-state index in [1.165, 1.54) is 0 Å². The quantitative estimate of drug-likeness (QED) is 0.629. The number of nitrogens with zero attached hydrogens (tertiary/aromatic N) is 3. The van der Waals surface area contributed by atoms with Crippen LogP contribution >= 0.6 is 0 Å². The molecule has 1 aromatic heterocycles. The summed E-state index contributed by atoms with van der Waals surface area (Å²) < 4.78 is 17.9. The minimum atomic E-state index is -0.598. The number of nitrogens with one attached hydrogen (secondary N) is 1. The summed E-state index contributed by atoms with van der Waals surface area (Å²) >= 11 is 0. The van der Waals surface area contributed by atoms with E-state index in [1.54, 1.807) is 39.0 Å². The zero-order valence-corrected chi connectivity index (χ0v) is 17.7. The molecule has 4 rings (SSSR count). The third-order valence-corrected chi connectivity index (χ3v) is 5.16. The van der Waals surface area contributed by atoms with Crippen molar-refractivity contribution >= 4 is 11.9 Å². The molecule has 3 aromatic rings. The highest BCUT2D eigenvalue weighted by Gasteiger charge is 2.35. The molecular formula is C22H23N5O4. The van der Waals surface area contributed by atoms with Crippen LogP contribution in [0.2, 0.25) is 0 Å². The van der Waals surface area contributed by atoms with Gasteiger partial charge in [0.25, 0.3) is 0 Å². The Labute approximate surface area is 179 Å². The Bertz CT molecular complexity index is 1160. The second kappa shape index (κ2) is 8.02. The maximum atomic E-state index is 12.4. The van der Waals surface area contributed by atoms with Gasteiger partial charge in [-0.3, -0.25) is 4.79 Å². The van der Waals surface area contributed by atoms with Crippen LogP contribution in [0, 0.1) is 0 Å². The van der Waals surface area contributed by atoms with Crippen molar-refractivity contribution in [2.45, 2.75) is 13.0 Å². The minimum Gasteiger partial charge on any atom is -0.497 e. The van der Waals surface area contributed by atoms with Gasteiger partial charge >= 0.3 is 0 Å². The van der Waals surface area contributed by atoms with Gasteiger partial charge in [0.05, 0.1) is 26.9 Å². The van der Waals surface area contributed by atoms with Crippen LogP contribution in [-0.2, 0) is 4.79 Å². The summed E-state index contributed by atoms with van der Waals surface area (Å²) in [5, 5.41) is 7.85. The zero-order valence-electron chi connectivity index (χ0n) is 17.7. The van der Waals surface area contributed by atoms with Crippen LogP contribution in [0.5, 0.6) is 17.2 Å². The van der Waals surface area contributed by atoms with Crippen molar-refractivity contribution in [3.05, 3.63) is 59.3 Å². The van der Waals surface area contributed by atoms with Crippen molar-refractivity contribution in [2.75, 3.05) is 26.6 Å². The number of aromatic nitrogens is 3. The molecule has 3 N–H and O–H groups in total. The molecule has 0 spiro atoms. The summed E-state index contributed by atoms with van der Waals surface area (Å²) in [6.07, 6.45) is 0. The summed E-state index contributed by atoms with van der Waals surface area (Å²) in [7, 11) is 4.74. The summed E-state index contributed by atoms with van der Waals surface area (Å²) in [6.45, 7) is 1.79. The summed E-state index contributed by atoms with van der Waals surface area (Å²) in [6, 6.07) is 12.2. The van der Waals surface area contributed by atoms with Crippen LogP contribution < -0.4 is 25.3 Å². The monoisotopic (exact) mass is 421 g/mol. The average Bonchev–Trinajstić information content (AvgIpc) is 3.21. The van der Waals surface area contributed by atoms with E-state index in [4.69, 9.17) is 25.0 Å². The molecule has 9 nitrogen and oxygen atoms in total. The number of methoxy groups -OCH3 is 3. The molecule has 1 aliphatic rings. The molecule has 2 aromatic carbocycles. The van der Waals surface area contributed by atoms with E-state index in [0.717, 1.165) is 5.56 Å². The van der Waals surface area contributed by atoms with Gasteiger partial charge in [0.15, 0.2) is 5.82 Å². The molecular weight excluding hydrogens is 398 g/mol. The number of amides is 1. The molecule has 0 fully saturated rings. The lowest BCUT2D eigenvalue weighted by molar-refractivity contribution is -0.115. The fourth-order valence-electron chi connectivity index (χ4n) is 3.71. The standard InChI is InChI=1S/C22H23N5O4/c1-12-18(20(23)28)19(16-7-5-6-8-17(16)31-4)27-22(24-12)25-21(26-27)13-9-14(29-2)11-15(10-13)30-3/h5-11,19H,1-4H3,(H2,23,28)(H,24,25,26). The number of hydrogen-bond acceptors (Lipinski definition) is 7. The molecule has 1 aliphatic heterocycles. The maximum Gasteiger partial charge on any atom is 0.248 e. The number of carbonyl (C=O) groups excluding carboxylic acids is 1. The molecule has 0 saturated carbocycles. The molecule has 1 amide bonds. The Balaban J connectivity index is 1.90. The number of ether oxygens (including phenoxy) is 3. The lowest BCUT2D eigenvalue weighted by Crippen LogP contribution is -2.32. The molecule has 2 heterocycles. The molecule has 0 saturated heterocycles. The van der Waals surface area contributed by atoms with Gasteiger partial charge < -0.3 is 25.3 Å². The number of hydrogen-bond donors (Lipinski definition) is 2. The first-order valence-corrected chi connectivity index (χ1v) is 9.57. The van der Waals surface area contributed by atoms with Gasteiger partial charge in [-0.1, -0.05) is 18.2 Å². The zero-order chi connectivity index (χ0) is 22.1. The fourth-order valence-corrected chi connectivity index (χ4v) is 3.71. The highest BCUT2D eigenvalue weighted by atomic mass is 16.5. The molecule has 0 radical (unpaired) electrons. The SMILES string of the molecule is COc1cc(OC)cc(-c2nc3n(n2)C(c2ccccc2OC)C(C(N)=O)=C(C)N3)c1. The van der Waals surface area contributed by atoms with Crippen molar-refractivity contribution in [1.82, 2.24) is 14.8 Å². The minimum absolute atomic E-state index is 0.386. The van der Waals surface area contributed by atoms with Crippen molar-refractivity contribution in [2.24, 2.45) is 5.73 Å². The maximum absolute atomic E-state index is 12.4. The third-order valence-electron chi connectivity index (χ3n) is 5.16. The Morgan fingerprint density at radius 3 is 2.35 bits per heavy atom. The number of para-hydroxylation sites is 1. The van der Waals surface area contributed by atoms with E-state index in [2.05, 4.69) is 10.3 Å². The lowest BCUT2D eigenvalue weighted by Gasteiger charge is -2.28. The number of rotatable bonds is 6. The number of nitrogens with two attached hydrogens (primary N) is 1. The number of fused-ring (bicyclic) bond motifs is 1. The third kappa shape index (κ3) is 3.54. The summed E-state index contributed by atoms with van der Waals surface area (Å²) in [5.41, 5.74) is 8.21. The van der Waals surface area contributed by atoms with E-state index >= 15 is 0 Å². The summed E-state index contributed by atoms with van der Waals surface area (Å²) in [4.78, 5) is 17.0. The van der Waals surface area contributed by atoms with Gasteiger partial charge in [0.2, 0.25) is 11.9 Å². The van der Waals surface area contributed by atoms with E-state index < -0.39 is 11.9 Å². The van der Waals surface area contributed by atoms with Gasteiger partial charge in [-0.15, -0.1) is 5.10 Å². The molecule has 9 heteroatoms. The molecule has 1 atom stereocenters. The van der Waals surface area contributed by atoms with Crippen LogP contribution in [0.25, 0.3) is 11.4 Å². The van der Waals surface area contributed by atoms with Gasteiger partial charge in [0, 0.05) is 22.9 Å². The first-order chi connectivity index (χ1) is 15.0. The first-order valence-electron chi connectivity index (χ1n) is 9.57. The molecule has 0 bridgehead atoms. The second-order valence-electron chi connectivity index (χ2n) is 6.98. The predicted molar refractivity (Wildman–Crippen MR) is 115 cm³/mol. The number of allylic oxidation sites excluding steroid dienone is 1. The number of primary amides is 1. The fraction of sp³-hybridized carbons (Fsp3) is 0.227. The Hall–Kier alpha value is -4.01. The van der Waals surface area contributed by atoms with Crippen LogP contribution in [0.4, 0.5) is 5.95 Å². The van der Waals surface area contributed by atoms with Crippen LogP contribution in [-0.4, -0.2) is 42.0 Å². The van der Waals surface area contributed by atoms with Crippen molar-refractivity contribution in [3.63, 3.8) is 0 Å². The second-order valence-corrected chi connectivity index (χ2v) is 6.98. The normalized spacial score (nSPS) is 15.2. The molecule has 0 aliphatic carbocycles. The van der Waals surface area contributed by atoms with Gasteiger partial charge in [-0.05, 0) is 25.1 Å². The number of carbonyl (C=O) groups is 1. The van der Waals surface area contributed by atoms with Crippen molar-refractivity contribution < 1.29 is 19.0 Å². The highest BCUT2D eigenvalue weighted by molar-refractivity contribution is 5.95.